The van der Waals surface area contributed by atoms with Gasteiger partial charge in [-0.05, 0) is 19.4 Å². The number of piperidine rings is 1. The number of nitriles is 1. The van der Waals surface area contributed by atoms with E-state index in [0.717, 1.165) is 19.5 Å². The van der Waals surface area contributed by atoms with Crippen molar-refractivity contribution in [2.75, 3.05) is 20.2 Å². The molecule has 1 unspecified atom stereocenters. The molecule has 0 spiro atoms. The van der Waals surface area contributed by atoms with E-state index in [1.807, 2.05) is 0 Å². The number of hydrogen-bond acceptors (Lipinski definition) is 4. The van der Waals surface area contributed by atoms with Crippen LogP contribution in [0.4, 0.5) is 0 Å². The van der Waals surface area contributed by atoms with Crippen molar-refractivity contribution in [3.63, 3.8) is 0 Å². The van der Waals surface area contributed by atoms with Gasteiger partial charge < -0.3 is 4.74 Å². The van der Waals surface area contributed by atoms with Crippen LogP contribution < -0.4 is 0 Å². The van der Waals surface area contributed by atoms with Crippen molar-refractivity contribution < 1.29 is 9.53 Å². The number of rotatable bonds is 4. The number of nitrogens with zero attached hydrogens (tertiary/aromatic N) is 2. The van der Waals surface area contributed by atoms with Gasteiger partial charge in [-0.3, -0.25) is 9.69 Å². The Balaban J connectivity index is 2.42. The highest BCUT2D eigenvalue weighted by Gasteiger charge is 2.24. The third kappa shape index (κ3) is 3.88. The molecule has 0 radical (unpaired) electrons. The summed E-state index contributed by atoms with van der Waals surface area (Å²) in [6.45, 7) is 1.78. The van der Waals surface area contributed by atoms with Crippen molar-refractivity contribution in [1.82, 2.24) is 4.90 Å². The molecule has 84 valence electrons. The Hall–Kier alpha value is -1.08. The largest absolute Gasteiger partial charge is 0.469 e. The fourth-order valence-corrected chi connectivity index (χ4v) is 2.05. The lowest BCUT2D eigenvalue weighted by molar-refractivity contribution is -0.142. The van der Waals surface area contributed by atoms with Crippen LogP contribution in [0.5, 0.6) is 0 Å². The highest BCUT2D eigenvalue weighted by molar-refractivity contribution is 5.69. The van der Waals surface area contributed by atoms with Gasteiger partial charge >= 0.3 is 5.97 Å². The van der Waals surface area contributed by atoms with E-state index < -0.39 is 0 Å². The van der Waals surface area contributed by atoms with Crippen LogP contribution in [-0.2, 0) is 9.53 Å². The molecule has 0 bridgehead atoms. The molecule has 15 heavy (non-hydrogen) atoms. The summed E-state index contributed by atoms with van der Waals surface area (Å²) in [6, 6.07) is 2.42. The minimum absolute atomic E-state index is 0.149. The summed E-state index contributed by atoms with van der Waals surface area (Å²) in [6.07, 6.45) is 4.38. The van der Waals surface area contributed by atoms with Crippen LogP contribution in [0, 0.1) is 11.3 Å². The van der Waals surface area contributed by atoms with Crippen molar-refractivity contribution in [2.24, 2.45) is 0 Å². The van der Waals surface area contributed by atoms with Gasteiger partial charge in [-0.25, -0.2) is 0 Å². The van der Waals surface area contributed by atoms with Gasteiger partial charge in [0.1, 0.15) is 0 Å². The molecular formula is C11H18N2O2. The van der Waals surface area contributed by atoms with E-state index in [4.69, 9.17) is 5.26 Å². The molecule has 4 heteroatoms. The van der Waals surface area contributed by atoms with Crippen molar-refractivity contribution in [1.29, 1.82) is 5.26 Å². The lowest BCUT2D eigenvalue weighted by Gasteiger charge is -2.34. The first-order chi connectivity index (χ1) is 7.27. The van der Waals surface area contributed by atoms with Crippen LogP contribution in [0.15, 0.2) is 0 Å². The molecule has 0 amide bonds. The van der Waals surface area contributed by atoms with Gasteiger partial charge in [0.25, 0.3) is 0 Å². The second-order valence-corrected chi connectivity index (χ2v) is 3.87. The summed E-state index contributed by atoms with van der Waals surface area (Å²) < 4.78 is 4.68. The summed E-state index contributed by atoms with van der Waals surface area (Å²) in [5.74, 6) is -0.149. The number of ether oxygens (including phenoxy) is 1. The van der Waals surface area contributed by atoms with Gasteiger partial charge in [0.15, 0.2) is 0 Å². The fourth-order valence-electron chi connectivity index (χ4n) is 2.05. The number of hydrogen-bond donors (Lipinski definition) is 0. The van der Waals surface area contributed by atoms with Crippen molar-refractivity contribution in [3.05, 3.63) is 0 Å². The standard InChI is InChI=1S/C11H18N2O2/c1-15-11(14)9-10-5-2-3-7-13(10)8-4-6-12/h10H,2-5,7-9H2,1H3. The van der Waals surface area contributed by atoms with Crippen LogP contribution in [0.2, 0.25) is 0 Å². The average molecular weight is 210 g/mol. The van der Waals surface area contributed by atoms with E-state index in [0.29, 0.717) is 12.8 Å². The lowest BCUT2D eigenvalue weighted by atomic mass is 9.99. The van der Waals surface area contributed by atoms with Gasteiger partial charge in [-0.1, -0.05) is 6.42 Å². The summed E-state index contributed by atoms with van der Waals surface area (Å²) in [5, 5.41) is 8.54. The van der Waals surface area contributed by atoms with E-state index in [-0.39, 0.29) is 12.0 Å². The molecule has 0 aromatic heterocycles. The van der Waals surface area contributed by atoms with Crippen LogP contribution in [0.25, 0.3) is 0 Å². The molecule has 0 aromatic carbocycles. The number of carbonyl (C=O) groups excluding carboxylic acids is 1. The van der Waals surface area contributed by atoms with Crippen LogP contribution in [0.3, 0.4) is 0 Å². The fraction of sp³-hybridized carbons (Fsp3) is 0.818. The maximum Gasteiger partial charge on any atom is 0.307 e. The predicted octanol–water partition coefficient (Wildman–Crippen LogP) is 1.32. The zero-order chi connectivity index (χ0) is 11.1. The molecule has 1 fully saturated rings. The minimum Gasteiger partial charge on any atom is -0.469 e. The molecule has 0 N–H and O–H groups in total. The molecular weight excluding hydrogens is 192 g/mol. The SMILES string of the molecule is COC(=O)CC1CCCCN1CCC#N. The predicted molar refractivity (Wildman–Crippen MR) is 56.1 cm³/mol. The Labute approximate surface area is 90.8 Å². The van der Waals surface area contributed by atoms with Gasteiger partial charge in [0.05, 0.1) is 19.6 Å². The van der Waals surface area contributed by atoms with Gasteiger partial charge in [0.2, 0.25) is 0 Å². The monoisotopic (exact) mass is 210 g/mol. The molecule has 0 saturated carbocycles. The summed E-state index contributed by atoms with van der Waals surface area (Å²) >= 11 is 0. The zero-order valence-electron chi connectivity index (χ0n) is 9.24. The van der Waals surface area contributed by atoms with Gasteiger partial charge in [-0.2, -0.15) is 5.26 Å². The normalized spacial score (nSPS) is 22.0. The van der Waals surface area contributed by atoms with Crippen molar-refractivity contribution in [2.45, 2.75) is 38.1 Å². The Kier molecular flexibility index (Phi) is 5.13. The third-order valence-electron chi connectivity index (χ3n) is 2.89. The van der Waals surface area contributed by atoms with Crippen LogP contribution in [0.1, 0.15) is 32.1 Å². The number of esters is 1. The number of carbonyl (C=O) groups is 1. The lowest BCUT2D eigenvalue weighted by Crippen LogP contribution is -2.41. The van der Waals surface area contributed by atoms with Gasteiger partial charge in [0, 0.05) is 19.0 Å². The molecule has 0 aliphatic carbocycles. The van der Waals surface area contributed by atoms with Crippen molar-refractivity contribution in [3.8, 4) is 6.07 Å². The van der Waals surface area contributed by atoms with Crippen LogP contribution in [-0.4, -0.2) is 37.1 Å². The number of likely N-dealkylation sites (tertiary alicyclic amines) is 1. The highest BCUT2D eigenvalue weighted by Crippen LogP contribution is 2.19. The van der Waals surface area contributed by atoms with E-state index in [1.165, 1.54) is 20.0 Å². The summed E-state index contributed by atoms with van der Waals surface area (Å²) in [4.78, 5) is 13.4. The zero-order valence-corrected chi connectivity index (χ0v) is 9.24. The second-order valence-electron chi connectivity index (χ2n) is 3.87. The van der Waals surface area contributed by atoms with E-state index in [9.17, 15) is 4.79 Å². The molecule has 1 saturated heterocycles. The highest BCUT2D eigenvalue weighted by atomic mass is 16.5. The van der Waals surface area contributed by atoms with E-state index >= 15 is 0 Å². The molecule has 1 rings (SSSR count). The molecule has 0 aromatic rings. The Morgan fingerprint density at radius 2 is 2.40 bits per heavy atom. The van der Waals surface area contributed by atoms with Crippen molar-refractivity contribution >= 4 is 5.97 Å². The first-order valence-corrected chi connectivity index (χ1v) is 5.45. The summed E-state index contributed by atoms with van der Waals surface area (Å²) in [7, 11) is 1.42. The summed E-state index contributed by atoms with van der Waals surface area (Å²) in [5.41, 5.74) is 0. The topological polar surface area (TPSA) is 53.3 Å². The first-order valence-electron chi connectivity index (χ1n) is 5.45. The maximum absolute atomic E-state index is 11.2. The van der Waals surface area contributed by atoms with E-state index in [1.54, 1.807) is 0 Å². The van der Waals surface area contributed by atoms with E-state index in [2.05, 4.69) is 15.7 Å². The second kappa shape index (κ2) is 6.41. The Morgan fingerprint density at radius 1 is 1.60 bits per heavy atom. The third-order valence-corrected chi connectivity index (χ3v) is 2.89. The molecule has 1 aliphatic rings. The molecule has 1 atom stereocenters. The van der Waals surface area contributed by atoms with Crippen LogP contribution >= 0.6 is 0 Å². The minimum atomic E-state index is -0.149. The first kappa shape index (κ1) is 12.0. The number of methoxy groups -OCH3 is 1. The molecule has 1 aliphatic heterocycles. The Morgan fingerprint density at radius 3 is 3.07 bits per heavy atom. The maximum atomic E-state index is 11.2. The van der Waals surface area contributed by atoms with Gasteiger partial charge in [-0.15, -0.1) is 0 Å². The Bertz CT molecular complexity index is 247. The molecule has 1 heterocycles. The smallest absolute Gasteiger partial charge is 0.307 e. The molecule has 4 nitrogen and oxygen atoms in total. The average Bonchev–Trinajstić information content (AvgIpc) is 2.28. The quantitative estimate of drug-likeness (QED) is 0.657.